The Hall–Kier alpha value is -0.610. The molecule has 0 aromatic carbocycles. The average molecular weight is 211 g/mol. The molecule has 15 heavy (non-hydrogen) atoms. The van der Waals surface area contributed by atoms with Crippen LogP contribution in [0.3, 0.4) is 0 Å². The Morgan fingerprint density at radius 2 is 2.27 bits per heavy atom. The van der Waals surface area contributed by atoms with Gasteiger partial charge in [0.15, 0.2) is 0 Å². The molecule has 1 saturated heterocycles. The third-order valence-corrected chi connectivity index (χ3v) is 3.68. The Kier molecular flexibility index (Phi) is 3.59. The maximum atomic E-state index is 11.0. The summed E-state index contributed by atoms with van der Waals surface area (Å²) in [6.07, 6.45) is 5.43. The van der Waals surface area contributed by atoms with Crippen molar-refractivity contribution in [2.45, 2.75) is 44.2 Å². The van der Waals surface area contributed by atoms with Crippen LogP contribution in [0.5, 0.6) is 0 Å². The highest BCUT2D eigenvalue weighted by Gasteiger charge is 2.29. The predicted octanol–water partition coefficient (Wildman–Crippen LogP) is -0.0180. The van der Waals surface area contributed by atoms with E-state index in [0.717, 1.165) is 19.5 Å². The van der Waals surface area contributed by atoms with E-state index in [2.05, 4.69) is 10.6 Å². The van der Waals surface area contributed by atoms with Gasteiger partial charge in [0, 0.05) is 25.0 Å². The van der Waals surface area contributed by atoms with E-state index in [0.29, 0.717) is 24.4 Å². The van der Waals surface area contributed by atoms with Gasteiger partial charge in [0.1, 0.15) is 0 Å². The molecule has 0 aromatic rings. The van der Waals surface area contributed by atoms with Gasteiger partial charge in [-0.15, -0.1) is 0 Å². The van der Waals surface area contributed by atoms with Crippen molar-refractivity contribution in [2.24, 2.45) is 11.7 Å². The predicted molar refractivity (Wildman–Crippen MR) is 59.4 cm³/mol. The van der Waals surface area contributed by atoms with Crippen LogP contribution in [-0.4, -0.2) is 31.1 Å². The fraction of sp³-hybridized carbons (Fsp3) is 0.909. The zero-order valence-electron chi connectivity index (χ0n) is 9.17. The summed E-state index contributed by atoms with van der Waals surface area (Å²) in [5, 5.41) is 6.55. The maximum Gasteiger partial charge on any atom is 0.220 e. The number of rotatable bonds is 3. The molecule has 0 spiro atoms. The normalized spacial score (nSPS) is 36.6. The molecule has 2 aliphatic rings. The molecule has 86 valence electrons. The fourth-order valence-corrected chi connectivity index (χ4v) is 2.72. The molecule has 1 saturated carbocycles. The Bertz CT molecular complexity index is 222. The molecule has 4 nitrogen and oxygen atoms in total. The van der Waals surface area contributed by atoms with Crippen LogP contribution in [0.25, 0.3) is 0 Å². The molecule has 1 heterocycles. The Morgan fingerprint density at radius 3 is 2.93 bits per heavy atom. The quantitative estimate of drug-likeness (QED) is 0.614. The third kappa shape index (κ3) is 2.69. The lowest BCUT2D eigenvalue weighted by molar-refractivity contribution is -0.122. The second-order valence-electron chi connectivity index (χ2n) is 4.74. The monoisotopic (exact) mass is 211 g/mol. The van der Waals surface area contributed by atoms with Crippen molar-refractivity contribution in [1.82, 2.24) is 10.6 Å². The number of nitrogens with one attached hydrogen (secondary N) is 2. The van der Waals surface area contributed by atoms with Crippen LogP contribution in [-0.2, 0) is 4.79 Å². The van der Waals surface area contributed by atoms with Gasteiger partial charge >= 0.3 is 0 Å². The number of nitrogens with two attached hydrogens (primary N) is 1. The molecule has 1 aliphatic heterocycles. The Balaban J connectivity index is 1.78. The lowest BCUT2D eigenvalue weighted by atomic mass is 10.0. The van der Waals surface area contributed by atoms with Crippen molar-refractivity contribution >= 4 is 5.91 Å². The number of hydrogen-bond donors (Lipinski definition) is 3. The van der Waals surface area contributed by atoms with Crippen LogP contribution in [0, 0.1) is 5.92 Å². The van der Waals surface area contributed by atoms with Gasteiger partial charge in [0.05, 0.1) is 0 Å². The highest BCUT2D eigenvalue weighted by atomic mass is 16.1. The van der Waals surface area contributed by atoms with E-state index in [-0.39, 0.29) is 5.91 Å². The number of amides is 1. The minimum atomic E-state index is 0.190. The summed E-state index contributed by atoms with van der Waals surface area (Å²) < 4.78 is 0. The number of carbonyl (C=O) groups excluding carboxylic acids is 1. The van der Waals surface area contributed by atoms with Crippen molar-refractivity contribution < 1.29 is 4.79 Å². The summed E-state index contributed by atoms with van der Waals surface area (Å²) in [5.41, 5.74) is 5.74. The second-order valence-corrected chi connectivity index (χ2v) is 4.74. The molecule has 0 radical (unpaired) electrons. The van der Waals surface area contributed by atoms with Crippen LogP contribution in [0.15, 0.2) is 0 Å². The van der Waals surface area contributed by atoms with Crippen LogP contribution in [0.4, 0.5) is 0 Å². The van der Waals surface area contributed by atoms with E-state index in [1.165, 1.54) is 19.3 Å². The lowest BCUT2D eigenvalue weighted by Crippen LogP contribution is -2.50. The molecule has 0 aromatic heterocycles. The van der Waals surface area contributed by atoms with E-state index >= 15 is 0 Å². The van der Waals surface area contributed by atoms with Gasteiger partial charge in [0.25, 0.3) is 0 Å². The van der Waals surface area contributed by atoms with Gasteiger partial charge in [-0.25, -0.2) is 0 Å². The summed E-state index contributed by atoms with van der Waals surface area (Å²) in [6, 6.07) is 1.04. The second kappa shape index (κ2) is 4.94. The van der Waals surface area contributed by atoms with Crippen molar-refractivity contribution in [3.8, 4) is 0 Å². The van der Waals surface area contributed by atoms with Crippen molar-refractivity contribution in [3.63, 3.8) is 0 Å². The average Bonchev–Trinajstić information content (AvgIpc) is 2.69. The first-order valence-electron chi connectivity index (χ1n) is 6.02. The van der Waals surface area contributed by atoms with E-state index in [1.807, 2.05) is 0 Å². The molecule has 2 rings (SSSR count). The summed E-state index contributed by atoms with van der Waals surface area (Å²) in [5.74, 6) is 0.831. The molecular formula is C11H21N3O. The van der Waals surface area contributed by atoms with E-state index in [1.54, 1.807) is 0 Å². The van der Waals surface area contributed by atoms with Crippen LogP contribution in [0.2, 0.25) is 0 Å². The Morgan fingerprint density at radius 1 is 1.40 bits per heavy atom. The van der Waals surface area contributed by atoms with Crippen LogP contribution < -0.4 is 16.4 Å². The topological polar surface area (TPSA) is 67.1 Å². The van der Waals surface area contributed by atoms with Gasteiger partial charge < -0.3 is 16.4 Å². The largest absolute Gasteiger partial charge is 0.355 e. The third-order valence-electron chi connectivity index (χ3n) is 3.68. The van der Waals surface area contributed by atoms with E-state index < -0.39 is 0 Å². The molecule has 1 aliphatic carbocycles. The van der Waals surface area contributed by atoms with Crippen molar-refractivity contribution in [2.75, 3.05) is 13.1 Å². The number of piperidine rings is 1. The molecule has 0 bridgehead atoms. The molecular weight excluding hydrogens is 190 g/mol. The van der Waals surface area contributed by atoms with E-state index in [9.17, 15) is 4.79 Å². The van der Waals surface area contributed by atoms with Gasteiger partial charge in [-0.2, -0.15) is 0 Å². The number of hydrogen-bond acceptors (Lipinski definition) is 3. The van der Waals surface area contributed by atoms with Crippen LogP contribution in [0.1, 0.15) is 32.1 Å². The SMILES string of the molecule is NCC1CCCC1NC1CCC(=O)NC1. The highest BCUT2D eigenvalue weighted by Crippen LogP contribution is 2.25. The minimum absolute atomic E-state index is 0.190. The smallest absolute Gasteiger partial charge is 0.220 e. The summed E-state index contributed by atoms with van der Waals surface area (Å²) in [6.45, 7) is 1.57. The zero-order chi connectivity index (χ0) is 10.7. The lowest BCUT2D eigenvalue weighted by Gasteiger charge is -2.29. The van der Waals surface area contributed by atoms with Crippen LogP contribution >= 0.6 is 0 Å². The number of carbonyl (C=O) groups is 1. The molecule has 3 unspecified atom stereocenters. The zero-order valence-corrected chi connectivity index (χ0v) is 9.17. The molecule has 4 heteroatoms. The van der Waals surface area contributed by atoms with Gasteiger partial charge in [0.2, 0.25) is 5.91 Å². The standard InChI is InChI=1S/C11H21N3O/c12-6-8-2-1-3-10(8)14-9-4-5-11(15)13-7-9/h8-10,14H,1-7,12H2,(H,13,15). The highest BCUT2D eigenvalue weighted by molar-refractivity contribution is 5.76. The van der Waals surface area contributed by atoms with Crippen molar-refractivity contribution in [3.05, 3.63) is 0 Å². The molecule has 4 N–H and O–H groups in total. The van der Waals surface area contributed by atoms with Gasteiger partial charge in [-0.05, 0) is 31.7 Å². The maximum absolute atomic E-state index is 11.0. The minimum Gasteiger partial charge on any atom is -0.355 e. The van der Waals surface area contributed by atoms with Gasteiger partial charge in [-0.3, -0.25) is 4.79 Å². The molecule has 1 amide bonds. The first-order chi connectivity index (χ1) is 7.29. The molecule has 2 fully saturated rings. The molecule has 3 atom stereocenters. The fourth-order valence-electron chi connectivity index (χ4n) is 2.72. The van der Waals surface area contributed by atoms with Crippen molar-refractivity contribution in [1.29, 1.82) is 0 Å². The van der Waals surface area contributed by atoms with Gasteiger partial charge in [-0.1, -0.05) is 6.42 Å². The first kappa shape index (κ1) is 10.9. The summed E-state index contributed by atoms with van der Waals surface area (Å²) in [7, 11) is 0. The first-order valence-corrected chi connectivity index (χ1v) is 6.02. The summed E-state index contributed by atoms with van der Waals surface area (Å²) in [4.78, 5) is 11.0. The Labute approximate surface area is 91.0 Å². The van der Waals surface area contributed by atoms with E-state index in [4.69, 9.17) is 5.73 Å². The summed E-state index contributed by atoms with van der Waals surface area (Å²) >= 11 is 0.